The number of hydrogen-bond donors (Lipinski definition) is 1. The van der Waals surface area contributed by atoms with Crippen molar-refractivity contribution >= 4 is 23.2 Å². The number of amides is 2. The highest BCUT2D eigenvalue weighted by atomic mass is 19.4. The van der Waals surface area contributed by atoms with Crippen molar-refractivity contribution in [1.29, 1.82) is 0 Å². The zero-order chi connectivity index (χ0) is 19.1. The van der Waals surface area contributed by atoms with Crippen LogP contribution in [0.15, 0.2) is 48.0 Å². The number of hydrogen-bond acceptors (Lipinski definition) is 4. The van der Waals surface area contributed by atoms with Gasteiger partial charge in [0.25, 0.3) is 11.8 Å². The van der Waals surface area contributed by atoms with Crippen molar-refractivity contribution in [1.82, 2.24) is 9.99 Å². The van der Waals surface area contributed by atoms with Crippen LogP contribution in [0.5, 0.6) is 0 Å². The molecule has 1 N–H and O–H groups in total. The molecule has 0 atom stereocenters. The SMILES string of the molecule is CC1=C(c2ccccc2)C(=O)N(Nc2ccc(C(F)(F)F)c(C)n2)C1=O. The Hall–Kier alpha value is -3.16. The fourth-order valence-corrected chi connectivity index (χ4v) is 2.72. The monoisotopic (exact) mass is 361 g/mol. The summed E-state index contributed by atoms with van der Waals surface area (Å²) in [6.07, 6.45) is -4.52. The molecule has 1 aliphatic heterocycles. The number of carbonyl (C=O) groups excluding carboxylic acids is 2. The molecule has 0 bridgehead atoms. The van der Waals surface area contributed by atoms with E-state index in [-0.39, 0.29) is 22.7 Å². The standard InChI is InChI=1S/C18H14F3N3O2/c1-10-15(12-6-4-3-5-7-12)17(26)24(16(10)25)23-14-9-8-13(11(2)22-14)18(19,20)21/h3-9H,1-2H3,(H,22,23). The van der Waals surface area contributed by atoms with Crippen LogP contribution < -0.4 is 5.43 Å². The number of halogens is 3. The minimum Gasteiger partial charge on any atom is -0.271 e. The van der Waals surface area contributed by atoms with E-state index in [1.54, 1.807) is 30.3 Å². The van der Waals surface area contributed by atoms with Crippen molar-refractivity contribution < 1.29 is 22.8 Å². The first-order valence-corrected chi connectivity index (χ1v) is 7.66. The van der Waals surface area contributed by atoms with Crippen LogP contribution in [0.4, 0.5) is 19.0 Å². The van der Waals surface area contributed by atoms with Gasteiger partial charge in [0.1, 0.15) is 5.82 Å². The van der Waals surface area contributed by atoms with Gasteiger partial charge >= 0.3 is 6.18 Å². The van der Waals surface area contributed by atoms with Crippen LogP contribution in [0.3, 0.4) is 0 Å². The number of rotatable bonds is 3. The molecule has 1 aromatic heterocycles. The molecule has 0 saturated carbocycles. The lowest BCUT2D eigenvalue weighted by molar-refractivity contribution is -0.138. The first kappa shape index (κ1) is 17.7. The summed E-state index contributed by atoms with van der Waals surface area (Å²) in [5.41, 5.74) is 2.45. The van der Waals surface area contributed by atoms with Crippen LogP contribution >= 0.6 is 0 Å². The van der Waals surface area contributed by atoms with Crippen molar-refractivity contribution in [3.05, 3.63) is 64.9 Å². The fourth-order valence-electron chi connectivity index (χ4n) is 2.72. The summed E-state index contributed by atoms with van der Waals surface area (Å²) in [6, 6.07) is 10.6. The van der Waals surface area contributed by atoms with Crippen molar-refractivity contribution in [2.45, 2.75) is 20.0 Å². The Morgan fingerprint density at radius 3 is 2.19 bits per heavy atom. The summed E-state index contributed by atoms with van der Waals surface area (Å²) in [5.74, 6) is -1.19. The summed E-state index contributed by atoms with van der Waals surface area (Å²) in [4.78, 5) is 28.8. The highest BCUT2D eigenvalue weighted by molar-refractivity contribution is 6.35. The van der Waals surface area contributed by atoms with Gasteiger partial charge in [-0.15, -0.1) is 0 Å². The van der Waals surface area contributed by atoms with Crippen LogP contribution in [0.2, 0.25) is 0 Å². The van der Waals surface area contributed by atoms with E-state index in [0.717, 1.165) is 17.1 Å². The summed E-state index contributed by atoms with van der Waals surface area (Å²) >= 11 is 0. The second kappa shape index (κ2) is 6.29. The van der Waals surface area contributed by atoms with Crippen LogP contribution in [-0.4, -0.2) is 21.8 Å². The molecular weight excluding hydrogens is 347 g/mol. The largest absolute Gasteiger partial charge is 0.418 e. The van der Waals surface area contributed by atoms with Crippen LogP contribution in [-0.2, 0) is 15.8 Å². The molecule has 0 fully saturated rings. The number of nitrogens with one attached hydrogen (secondary N) is 1. The highest BCUT2D eigenvalue weighted by Gasteiger charge is 2.38. The Morgan fingerprint density at radius 1 is 0.962 bits per heavy atom. The first-order chi connectivity index (χ1) is 12.2. The zero-order valence-electron chi connectivity index (χ0n) is 13.9. The van der Waals surface area contributed by atoms with Gasteiger partial charge in [-0.25, -0.2) is 4.98 Å². The van der Waals surface area contributed by atoms with Crippen molar-refractivity contribution in [2.24, 2.45) is 0 Å². The van der Waals surface area contributed by atoms with E-state index in [2.05, 4.69) is 10.4 Å². The van der Waals surface area contributed by atoms with E-state index in [1.165, 1.54) is 13.8 Å². The summed E-state index contributed by atoms with van der Waals surface area (Å²) in [6.45, 7) is 2.73. The minimum absolute atomic E-state index is 0.0284. The lowest BCUT2D eigenvalue weighted by Crippen LogP contribution is -2.37. The Balaban J connectivity index is 1.88. The van der Waals surface area contributed by atoms with Gasteiger partial charge in [-0.3, -0.25) is 15.0 Å². The molecule has 5 nitrogen and oxygen atoms in total. The third kappa shape index (κ3) is 3.05. The number of anilines is 1. The van der Waals surface area contributed by atoms with Gasteiger partial charge in [0.15, 0.2) is 0 Å². The van der Waals surface area contributed by atoms with Crippen LogP contribution in [0.1, 0.15) is 23.7 Å². The number of hydrazine groups is 1. The molecule has 0 radical (unpaired) electrons. The lowest BCUT2D eigenvalue weighted by atomic mass is 10.0. The van der Waals surface area contributed by atoms with E-state index in [9.17, 15) is 22.8 Å². The smallest absolute Gasteiger partial charge is 0.271 e. The molecule has 134 valence electrons. The molecule has 1 aromatic carbocycles. The number of aryl methyl sites for hydroxylation is 1. The number of imide groups is 1. The summed E-state index contributed by atoms with van der Waals surface area (Å²) in [7, 11) is 0. The molecule has 0 spiro atoms. The third-order valence-corrected chi connectivity index (χ3v) is 4.00. The van der Waals surface area contributed by atoms with Crippen molar-refractivity contribution in [3.8, 4) is 0 Å². The minimum atomic E-state index is -4.52. The predicted molar refractivity (Wildman–Crippen MR) is 88.5 cm³/mol. The molecular formula is C18H14F3N3O2. The maximum Gasteiger partial charge on any atom is 0.418 e. The van der Waals surface area contributed by atoms with Crippen LogP contribution in [0.25, 0.3) is 5.57 Å². The fraction of sp³-hybridized carbons (Fsp3) is 0.167. The average molecular weight is 361 g/mol. The van der Waals surface area contributed by atoms with E-state index in [0.29, 0.717) is 5.56 Å². The van der Waals surface area contributed by atoms with Gasteiger partial charge < -0.3 is 0 Å². The number of nitrogens with zero attached hydrogens (tertiary/aromatic N) is 2. The number of aromatic nitrogens is 1. The zero-order valence-corrected chi connectivity index (χ0v) is 13.9. The van der Waals surface area contributed by atoms with Gasteiger partial charge in [-0.05, 0) is 31.5 Å². The Morgan fingerprint density at radius 2 is 1.62 bits per heavy atom. The Labute approximate surface area is 147 Å². The first-order valence-electron chi connectivity index (χ1n) is 7.66. The molecule has 1 aliphatic rings. The van der Waals surface area contributed by atoms with Crippen molar-refractivity contribution in [3.63, 3.8) is 0 Å². The number of benzene rings is 1. The normalized spacial score (nSPS) is 15.0. The molecule has 26 heavy (non-hydrogen) atoms. The topological polar surface area (TPSA) is 62.3 Å². The van der Waals surface area contributed by atoms with Gasteiger partial charge in [0.2, 0.25) is 0 Å². The molecule has 0 saturated heterocycles. The number of pyridine rings is 1. The molecule has 0 aliphatic carbocycles. The second-order valence-electron chi connectivity index (χ2n) is 5.75. The van der Waals surface area contributed by atoms with Gasteiger partial charge in [0.05, 0.1) is 16.8 Å². The second-order valence-corrected chi connectivity index (χ2v) is 5.75. The Kier molecular flexibility index (Phi) is 4.27. The molecule has 8 heteroatoms. The van der Waals surface area contributed by atoms with Crippen molar-refractivity contribution in [2.75, 3.05) is 5.43 Å². The molecule has 2 heterocycles. The Bertz CT molecular complexity index is 921. The lowest BCUT2D eigenvalue weighted by Gasteiger charge is -2.18. The number of alkyl halides is 3. The highest BCUT2D eigenvalue weighted by Crippen LogP contribution is 2.32. The van der Waals surface area contributed by atoms with E-state index >= 15 is 0 Å². The maximum atomic E-state index is 12.8. The summed E-state index contributed by atoms with van der Waals surface area (Å²) in [5, 5.41) is 0.757. The van der Waals surface area contributed by atoms with E-state index < -0.39 is 23.6 Å². The van der Waals surface area contributed by atoms with Gasteiger partial charge in [0, 0.05) is 5.57 Å². The quantitative estimate of drug-likeness (QED) is 0.849. The maximum absolute atomic E-state index is 12.8. The summed E-state index contributed by atoms with van der Waals surface area (Å²) < 4.78 is 38.4. The van der Waals surface area contributed by atoms with E-state index in [1.807, 2.05) is 0 Å². The third-order valence-electron chi connectivity index (χ3n) is 4.00. The van der Waals surface area contributed by atoms with E-state index in [4.69, 9.17) is 0 Å². The average Bonchev–Trinajstić information content (AvgIpc) is 2.78. The van der Waals surface area contributed by atoms with Gasteiger partial charge in [-0.2, -0.15) is 18.2 Å². The molecule has 2 aromatic rings. The molecule has 0 unspecified atom stereocenters. The van der Waals surface area contributed by atoms with Crippen LogP contribution in [0, 0.1) is 6.92 Å². The predicted octanol–water partition coefficient (Wildman–Crippen LogP) is 3.58. The number of carbonyl (C=O) groups is 2. The molecule has 2 amide bonds. The van der Waals surface area contributed by atoms with Gasteiger partial charge in [-0.1, -0.05) is 30.3 Å². The molecule has 3 rings (SSSR count).